The van der Waals surface area contributed by atoms with Crippen molar-refractivity contribution in [1.82, 2.24) is 9.80 Å². The molecule has 5 rings (SSSR count). The van der Waals surface area contributed by atoms with Gasteiger partial charge in [-0.1, -0.05) is 30.3 Å². The Morgan fingerprint density at radius 3 is 2.38 bits per heavy atom. The van der Waals surface area contributed by atoms with Crippen molar-refractivity contribution in [3.05, 3.63) is 64.7 Å². The average Bonchev–Trinajstić information content (AvgIpc) is 3.47. The topological polar surface area (TPSA) is 76.2 Å². The highest BCUT2D eigenvalue weighted by Crippen LogP contribution is 2.34. The van der Waals surface area contributed by atoms with Crippen LogP contribution in [0.2, 0.25) is 0 Å². The SMILES string of the molecule is O=C1CCC(N2Cc3c(OCc4ccc(COCN5CCCC5)cc4)cccc3C2=O)C(=O)C1. The van der Waals surface area contributed by atoms with Crippen LogP contribution in [0.25, 0.3) is 0 Å². The monoisotopic (exact) mass is 462 g/mol. The number of ether oxygens (including phenoxy) is 2. The predicted molar refractivity (Wildman–Crippen MR) is 125 cm³/mol. The first-order valence-electron chi connectivity index (χ1n) is 12.1. The lowest BCUT2D eigenvalue weighted by Gasteiger charge is -2.29. The van der Waals surface area contributed by atoms with Gasteiger partial charge in [-0.25, -0.2) is 0 Å². The van der Waals surface area contributed by atoms with Gasteiger partial charge in [0.15, 0.2) is 5.78 Å². The zero-order valence-electron chi connectivity index (χ0n) is 19.3. The second-order valence-corrected chi connectivity index (χ2v) is 9.36. The van der Waals surface area contributed by atoms with Gasteiger partial charge in [0.2, 0.25) is 0 Å². The van der Waals surface area contributed by atoms with Crippen LogP contribution in [0.4, 0.5) is 0 Å². The molecule has 2 aromatic rings. The van der Waals surface area contributed by atoms with E-state index in [0.717, 1.165) is 29.8 Å². The molecule has 1 saturated heterocycles. The van der Waals surface area contributed by atoms with Crippen LogP contribution in [0.5, 0.6) is 5.75 Å². The Labute approximate surface area is 199 Å². The second kappa shape index (κ2) is 10.1. The summed E-state index contributed by atoms with van der Waals surface area (Å²) in [6.45, 7) is 4.24. The number of carbonyl (C=O) groups is 3. The normalized spacial score (nSPS) is 20.8. The highest BCUT2D eigenvalue weighted by atomic mass is 16.5. The molecule has 3 aliphatic rings. The molecular formula is C27H30N2O5. The summed E-state index contributed by atoms with van der Waals surface area (Å²) >= 11 is 0. The molecule has 2 heterocycles. The Morgan fingerprint density at radius 1 is 0.912 bits per heavy atom. The van der Waals surface area contributed by atoms with Gasteiger partial charge in [0, 0.05) is 30.6 Å². The van der Waals surface area contributed by atoms with Crippen molar-refractivity contribution in [2.45, 2.75) is 57.9 Å². The molecule has 0 spiro atoms. The molecule has 1 aliphatic carbocycles. The average molecular weight is 463 g/mol. The molecule has 7 nitrogen and oxygen atoms in total. The van der Waals surface area contributed by atoms with Crippen LogP contribution < -0.4 is 4.74 Å². The molecule has 34 heavy (non-hydrogen) atoms. The van der Waals surface area contributed by atoms with Crippen molar-refractivity contribution in [2.75, 3.05) is 19.8 Å². The Balaban J connectivity index is 1.18. The molecule has 7 heteroatoms. The maximum atomic E-state index is 13.0. The molecule has 1 atom stereocenters. The fraction of sp³-hybridized carbons (Fsp3) is 0.444. The van der Waals surface area contributed by atoms with Crippen LogP contribution >= 0.6 is 0 Å². The maximum absolute atomic E-state index is 13.0. The van der Waals surface area contributed by atoms with Gasteiger partial charge in [-0.15, -0.1) is 0 Å². The Kier molecular flexibility index (Phi) is 6.74. The summed E-state index contributed by atoms with van der Waals surface area (Å²) < 4.78 is 11.9. The minimum absolute atomic E-state index is 0.0430. The van der Waals surface area contributed by atoms with Gasteiger partial charge in [-0.2, -0.15) is 0 Å². The Morgan fingerprint density at radius 2 is 1.65 bits per heavy atom. The highest BCUT2D eigenvalue weighted by Gasteiger charge is 2.39. The molecule has 1 unspecified atom stereocenters. The van der Waals surface area contributed by atoms with Crippen LogP contribution in [-0.4, -0.2) is 53.1 Å². The van der Waals surface area contributed by atoms with Crippen molar-refractivity contribution < 1.29 is 23.9 Å². The zero-order chi connectivity index (χ0) is 23.5. The predicted octanol–water partition coefficient (Wildman–Crippen LogP) is 3.48. The lowest BCUT2D eigenvalue weighted by molar-refractivity contribution is -0.133. The quantitative estimate of drug-likeness (QED) is 0.559. The fourth-order valence-electron chi connectivity index (χ4n) is 5.00. The molecule has 2 fully saturated rings. The number of ketones is 2. The maximum Gasteiger partial charge on any atom is 0.255 e. The lowest BCUT2D eigenvalue weighted by Crippen LogP contribution is -2.44. The van der Waals surface area contributed by atoms with Gasteiger partial charge in [0.05, 0.1) is 32.3 Å². The summed E-state index contributed by atoms with van der Waals surface area (Å²) in [5.41, 5.74) is 3.54. The van der Waals surface area contributed by atoms with Crippen molar-refractivity contribution >= 4 is 17.5 Å². The first-order valence-corrected chi connectivity index (χ1v) is 12.1. The molecular weight excluding hydrogens is 432 g/mol. The smallest absolute Gasteiger partial charge is 0.255 e. The first kappa shape index (κ1) is 22.7. The number of benzene rings is 2. The molecule has 1 amide bonds. The summed E-state index contributed by atoms with van der Waals surface area (Å²) in [5.74, 6) is 0.292. The third kappa shape index (κ3) is 4.91. The van der Waals surface area contributed by atoms with E-state index in [2.05, 4.69) is 17.0 Å². The molecule has 2 aliphatic heterocycles. The van der Waals surface area contributed by atoms with Gasteiger partial charge in [-0.05, 0) is 42.5 Å². The fourth-order valence-corrected chi connectivity index (χ4v) is 5.00. The minimum Gasteiger partial charge on any atom is -0.489 e. The van der Waals surface area contributed by atoms with Gasteiger partial charge in [0.1, 0.15) is 18.1 Å². The lowest BCUT2D eigenvalue weighted by atomic mass is 9.92. The number of nitrogens with zero attached hydrogens (tertiary/aromatic N) is 2. The van der Waals surface area contributed by atoms with Gasteiger partial charge in [0.25, 0.3) is 5.91 Å². The number of likely N-dealkylation sites (tertiary alicyclic amines) is 1. The number of carbonyl (C=O) groups excluding carboxylic acids is 3. The van der Waals surface area contributed by atoms with Crippen LogP contribution in [0, 0.1) is 0 Å². The van der Waals surface area contributed by atoms with E-state index in [1.807, 2.05) is 24.3 Å². The molecule has 0 N–H and O–H groups in total. The minimum atomic E-state index is -0.523. The van der Waals surface area contributed by atoms with Crippen LogP contribution in [-0.2, 0) is 34.1 Å². The number of hydrogen-bond donors (Lipinski definition) is 0. The molecule has 0 radical (unpaired) electrons. The summed E-state index contributed by atoms with van der Waals surface area (Å²) in [5, 5.41) is 0. The number of amides is 1. The molecule has 1 saturated carbocycles. The van der Waals surface area contributed by atoms with E-state index in [9.17, 15) is 14.4 Å². The highest BCUT2D eigenvalue weighted by molar-refractivity contribution is 6.07. The number of Topliss-reactive ketones (excluding diaryl/α,β-unsaturated/α-hetero) is 2. The van der Waals surface area contributed by atoms with Crippen molar-refractivity contribution in [2.24, 2.45) is 0 Å². The Hall–Kier alpha value is -3.03. The zero-order valence-corrected chi connectivity index (χ0v) is 19.3. The standard InChI is InChI=1S/C27H30N2O5/c30-21-10-11-24(25(31)14-21)29-15-23-22(27(29)32)4-3-5-26(23)34-17-20-8-6-19(7-9-20)16-33-18-28-12-1-2-13-28/h3-9,24H,1-2,10-18H2. The molecule has 178 valence electrons. The third-order valence-electron chi connectivity index (χ3n) is 6.93. The van der Waals surface area contributed by atoms with Gasteiger partial charge < -0.3 is 14.4 Å². The summed E-state index contributed by atoms with van der Waals surface area (Å²) in [6.07, 6.45) is 3.19. The van der Waals surface area contributed by atoms with Crippen LogP contribution in [0.15, 0.2) is 42.5 Å². The van der Waals surface area contributed by atoms with Crippen LogP contribution in [0.3, 0.4) is 0 Å². The van der Waals surface area contributed by atoms with E-state index in [4.69, 9.17) is 9.47 Å². The van der Waals surface area contributed by atoms with Crippen molar-refractivity contribution in [3.8, 4) is 5.75 Å². The Bertz CT molecular complexity index is 1070. The second-order valence-electron chi connectivity index (χ2n) is 9.36. The number of fused-ring (bicyclic) bond motifs is 1. The molecule has 0 aromatic heterocycles. The third-order valence-corrected chi connectivity index (χ3v) is 6.93. The summed E-state index contributed by atoms with van der Waals surface area (Å²) in [7, 11) is 0. The van der Waals surface area contributed by atoms with Gasteiger partial charge in [-0.3, -0.25) is 19.3 Å². The van der Waals surface area contributed by atoms with Gasteiger partial charge >= 0.3 is 0 Å². The largest absolute Gasteiger partial charge is 0.489 e. The van der Waals surface area contributed by atoms with E-state index in [0.29, 0.717) is 50.6 Å². The van der Waals surface area contributed by atoms with E-state index in [1.54, 1.807) is 11.0 Å². The van der Waals surface area contributed by atoms with E-state index in [1.165, 1.54) is 12.8 Å². The van der Waals surface area contributed by atoms with E-state index in [-0.39, 0.29) is 23.9 Å². The van der Waals surface area contributed by atoms with Crippen molar-refractivity contribution in [1.29, 1.82) is 0 Å². The number of rotatable bonds is 8. The number of hydrogen-bond acceptors (Lipinski definition) is 6. The van der Waals surface area contributed by atoms with E-state index < -0.39 is 6.04 Å². The van der Waals surface area contributed by atoms with E-state index >= 15 is 0 Å². The molecule has 0 bridgehead atoms. The summed E-state index contributed by atoms with van der Waals surface area (Å²) in [6, 6.07) is 13.1. The molecule has 2 aromatic carbocycles. The first-order chi connectivity index (χ1) is 16.6. The van der Waals surface area contributed by atoms with Crippen molar-refractivity contribution in [3.63, 3.8) is 0 Å². The summed E-state index contributed by atoms with van der Waals surface area (Å²) in [4.78, 5) is 40.9. The van der Waals surface area contributed by atoms with Crippen LogP contribution in [0.1, 0.15) is 59.2 Å².